The maximum atomic E-state index is 11.7. The SMILES string of the molecule is O=C(O)C12CCC(COC3CCN(c4ccc(-c5nc6cc(Cl)cnc6[nH]5)cn4)CC3)(CC1)CC2. The normalized spacial score (nSPS) is 26.9. The maximum absolute atomic E-state index is 11.7. The third-order valence-electron chi connectivity index (χ3n) is 8.57. The van der Waals surface area contributed by atoms with Crippen LogP contribution in [-0.4, -0.2) is 56.8 Å². The number of halogens is 1. The predicted octanol–water partition coefficient (Wildman–Crippen LogP) is 5.08. The number of carbonyl (C=O) groups is 1. The Balaban J connectivity index is 1.02. The van der Waals surface area contributed by atoms with Gasteiger partial charge in [0.05, 0.1) is 23.1 Å². The fraction of sp³-hybridized carbons (Fsp3) is 0.538. The third-order valence-corrected chi connectivity index (χ3v) is 8.78. The molecule has 0 aromatic carbocycles. The van der Waals surface area contributed by atoms with Crippen molar-refractivity contribution in [3.63, 3.8) is 0 Å². The van der Waals surface area contributed by atoms with Crippen molar-refractivity contribution < 1.29 is 14.6 Å². The zero-order valence-electron chi connectivity index (χ0n) is 19.7. The van der Waals surface area contributed by atoms with Gasteiger partial charge >= 0.3 is 5.97 Å². The number of anilines is 1. The number of aliphatic carboxylic acids is 1. The van der Waals surface area contributed by atoms with Crippen LogP contribution in [0, 0.1) is 10.8 Å². The molecule has 3 aromatic rings. The fourth-order valence-corrected chi connectivity index (χ4v) is 6.22. The van der Waals surface area contributed by atoms with E-state index in [0.717, 1.165) is 93.8 Å². The molecule has 0 amide bonds. The molecule has 1 saturated heterocycles. The lowest BCUT2D eigenvalue weighted by Crippen LogP contribution is -2.48. The van der Waals surface area contributed by atoms with Gasteiger partial charge in [-0.15, -0.1) is 0 Å². The Hall–Kier alpha value is -2.71. The van der Waals surface area contributed by atoms with E-state index in [9.17, 15) is 9.90 Å². The Kier molecular flexibility index (Phi) is 5.68. The summed E-state index contributed by atoms with van der Waals surface area (Å²) in [4.78, 5) is 30.8. The lowest BCUT2D eigenvalue weighted by molar-refractivity contribution is -0.162. The van der Waals surface area contributed by atoms with Gasteiger partial charge in [0.2, 0.25) is 0 Å². The van der Waals surface area contributed by atoms with Gasteiger partial charge in [0.15, 0.2) is 5.65 Å². The van der Waals surface area contributed by atoms with Crippen LogP contribution in [0.3, 0.4) is 0 Å². The number of pyridine rings is 2. The summed E-state index contributed by atoms with van der Waals surface area (Å²) in [7, 11) is 0. The minimum atomic E-state index is -0.597. The van der Waals surface area contributed by atoms with E-state index in [1.807, 2.05) is 18.3 Å². The summed E-state index contributed by atoms with van der Waals surface area (Å²) in [5, 5.41) is 10.2. The van der Waals surface area contributed by atoms with Gasteiger partial charge in [0, 0.05) is 31.0 Å². The first-order chi connectivity index (χ1) is 16.9. The Morgan fingerprint density at radius 2 is 1.86 bits per heavy atom. The van der Waals surface area contributed by atoms with E-state index in [1.54, 1.807) is 12.3 Å². The van der Waals surface area contributed by atoms with Gasteiger partial charge in [-0.05, 0) is 75.0 Å². The molecule has 2 bridgehead atoms. The van der Waals surface area contributed by atoms with E-state index in [-0.39, 0.29) is 11.5 Å². The highest BCUT2D eigenvalue weighted by molar-refractivity contribution is 6.31. The summed E-state index contributed by atoms with van der Waals surface area (Å²) in [5.41, 5.74) is 2.10. The van der Waals surface area contributed by atoms with Crippen LogP contribution in [0.25, 0.3) is 22.6 Å². The highest BCUT2D eigenvalue weighted by Gasteiger charge is 2.52. The van der Waals surface area contributed by atoms with Crippen LogP contribution >= 0.6 is 11.6 Å². The average molecular weight is 496 g/mol. The molecule has 0 spiro atoms. The number of carboxylic acids is 1. The highest BCUT2D eigenvalue weighted by Crippen LogP contribution is 2.57. The van der Waals surface area contributed by atoms with E-state index in [1.165, 1.54) is 0 Å². The molecule has 4 aliphatic rings. The molecule has 0 atom stereocenters. The largest absolute Gasteiger partial charge is 0.481 e. The number of aromatic nitrogens is 4. The van der Waals surface area contributed by atoms with Gasteiger partial charge < -0.3 is 19.7 Å². The van der Waals surface area contributed by atoms with Crippen LogP contribution in [0.2, 0.25) is 5.02 Å². The first kappa shape index (κ1) is 22.7. The molecule has 4 heterocycles. The number of hydrogen-bond acceptors (Lipinski definition) is 6. The Bertz CT molecular complexity index is 1210. The number of aromatic amines is 1. The van der Waals surface area contributed by atoms with Crippen molar-refractivity contribution in [1.29, 1.82) is 0 Å². The van der Waals surface area contributed by atoms with Crippen LogP contribution in [-0.2, 0) is 9.53 Å². The molecule has 9 heteroatoms. The number of piperidine rings is 1. The highest BCUT2D eigenvalue weighted by atomic mass is 35.5. The van der Waals surface area contributed by atoms with E-state index in [2.05, 4.69) is 19.9 Å². The molecular weight excluding hydrogens is 466 g/mol. The first-order valence-corrected chi connectivity index (χ1v) is 12.9. The molecule has 4 fully saturated rings. The van der Waals surface area contributed by atoms with Crippen molar-refractivity contribution in [3.8, 4) is 11.4 Å². The number of carboxylic acid groups (broad SMARTS) is 1. The van der Waals surface area contributed by atoms with Crippen molar-refractivity contribution in [2.45, 2.75) is 57.5 Å². The topological polar surface area (TPSA) is 104 Å². The molecular formula is C26H30ClN5O3. The van der Waals surface area contributed by atoms with Gasteiger partial charge in [-0.2, -0.15) is 0 Å². The number of rotatable bonds is 6. The minimum absolute atomic E-state index is 0.198. The van der Waals surface area contributed by atoms with Gasteiger partial charge in [0.1, 0.15) is 17.2 Å². The number of fused-ring (bicyclic) bond motifs is 4. The summed E-state index contributed by atoms with van der Waals surface area (Å²) in [5.74, 6) is 1.10. The lowest BCUT2D eigenvalue weighted by Gasteiger charge is -2.51. The quantitative estimate of drug-likeness (QED) is 0.491. The molecule has 1 aliphatic heterocycles. The van der Waals surface area contributed by atoms with Crippen LogP contribution in [0.1, 0.15) is 51.4 Å². The Morgan fingerprint density at radius 3 is 2.51 bits per heavy atom. The number of hydrogen-bond donors (Lipinski definition) is 2. The van der Waals surface area contributed by atoms with E-state index in [4.69, 9.17) is 21.3 Å². The number of ether oxygens (including phenoxy) is 1. The molecule has 3 aliphatic carbocycles. The number of nitrogens with one attached hydrogen (secondary N) is 1. The summed E-state index contributed by atoms with van der Waals surface area (Å²) in [6.07, 6.45) is 11.1. The van der Waals surface area contributed by atoms with E-state index < -0.39 is 11.4 Å². The number of nitrogens with zero attached hydrogens (tertiary/aromatic N) is 4. The molecule has 2 N–H and O–H groups in total. The molecule has 184 valence electrons. The fourth-order valence-electron chi connectivity index (χ4n) is 6.07. The van der Waals surface area contributed by atoms with Crippen molar-refractivity contribution in [1.82, 2.24) is 19.9 Å². The second-order valence-electron chi connectivity index (χ2n) is 10.6. The minimum Gasteiger partial charge on any atom is -0.481 e. The van der Waals surface area contributed by atoms with Crippen LogP contribution < -0.4 is 4.90 Å². The standard InChI is InChI=1S/C26H30ClN5O3/c27-18-13-20-23(29-15-18)31-22(30-20)17-1-2-21(28-14-17)32-11-3-19(4-12-32)35-16-25-5-8-26(9-6-25,10-7-25)24(33)34/h1-2,13-15,19H,3-12,16H2,(H,33,34)(H,29,30,31). The second-order valence-corrected chi connectivity index (χ2v) is 11.0. The maximum Gasteiger partial charge on any atom is 0.309 e. The third kappa shape index (κ3) is 4.27. The second kappa shape index (κ2) is 8.75. The number of imidazole rings is 1. The summed E-state index contributed by atoms with van der Waals surface area (Å²) in [6, 6.07) is 5.87. The van der Waals surface area contributed by atoms with Gasteiger partial charge in [-0.1, -0.05) is 11.6 Å². The summed E-state index contributed by atoms with van der Waals surface area (Å²) >= 11 is 6.02. The first-order valence-electron chi connectivity index (χ1n) is 12.5. The Morgan fingerprint density at radius 1 is 1.11 bits per heavy atom. The van der Waals surface area contributed by atoms with Crippen LogP contribution in [0.15, 0.2) is 30.6 Å². The van der Waals surface area contributed by atoms with Gasteiger partial charge in [0.25, 0.3) is 0 Å². The van der Waals surface area contributed by atoms with Crippen LogP contribution in [0.4, 0.5) is 5.82 Å². The predicted molar refractivity (Wildman–Crippen MR) is 134 cm³/mol. The molecule has 3 aromatic heterocycles. The van der Waals surface area contributed by atoms with Crippen molar-refractivity contribution in [2.75, 3.05) is 24.6 Å². The average Bonchev–Trinajstić information content (AvgIpc) is 3.32. The zero-order valence-corrected chi connectivity index (χ0v) is 20.4. The van der Waals surface area contributed by atoms with Crippen molar-refractivity contribution in [2.24, 2.45) is 10.8 Å². The summed E-state index contributed by atoms with van der Waals surface area (Å²) < 4.78 is 6.41. The molecule has 8 nitrogen and oxygen atoms in total. The van der Waals surface area contributed by atoms with Crippen molar-refractivity contribution in [3.05, 3.63) is 35.6 Å². The monoisotopic (exact) mass is 495 g/mol. The molecule has 0 unspecified atom stereocenters. The van der Waals surface area contributed by atoms with E-state index in [0.29, 0.717) is 10.7 Å². The van der Waals surface area contributed by atoms with Crippen LogP contribution in [0.5, 0.6) is 0 Å². The molecule has 35 heavy (non-hydrogen) atoms. The van der Waals surface area contributed by atoms with Crippen molar-refractivity contribution >= 4 is 34.6 Å². The molecule has 7 rings (SSSR count). The van der Waals surface area contributed by atoms with Gasteiger partial charge in [-0.25, -0.2) is 15.0 Å². The summed E-state index contributed by atoms with van der Waals surface area (Å²) in [6.45, 7) is 2.61. The molecule has 0 radical (unpaired) electrons. The van der Waals surface area contributed by atoms with E-state index >= 15 is 0 Å². The van der Waals surface area contributed by atoms with Gasteiger partial charge in [-0.3, -0.25) is 4.79 Å². The lowest BCUT2D eigenvalue weighted by atomic mass is 9.54. The number of H-pyrrole nitrogens is 1. The zero-order chi connectivity index (χ0) is 24.0. The molecule has 3 saturated carbocycles. The Labute approximate surface area is 209 Å². The smallest absolute Gasteiger partial charge is 0.309 e.